The molecule has 1 aliphatic heterocycles. The van der Waals surface area contributed by atoms with Crippen LogP contribution in [0.4, 0.5) is 5.82 Å². The highest BCUT2D eigenvalue weighted by molar-refractivity contribution is 5.73. The fraction of sp³-hybridized carbons (Fsp3) is 0.583. The van der Waals surface area contributed by atoms with Gasteiger partial charge in [-0.25, -0.2) is 0 Å². The average Bonchev–Trinajstić information content (AvgIpc) is 2.63. The summed E-state index contributed by atoms with van der Waals surface area (Å²) in [5.74, 6) is 0.967. The summed E-state index contributed by atoms with van der Waals surface area (Å²) in [6.45, 7) is 6.31. The first-order valence-corrected chi connectivity index (χ1v) is 5.98. The molecule has 2 heterocycles. The number of nitrogens with zero attached hydrogens (tertiary/aromatic N) is 5. The predicted molar refractivity (Wildman–Crippen MR) is 67.1 cm³/mol. The van der Waals surface area contributed by atoms with Gasteiger partial charge in [-0.1, -0.05) is 0 Å². The Kier molecular flexibility index (Phi) is 3.24. The minimum absolute atomic E-state index is 0.108. The van der Waals surface area contributed by atoms with Crippen molar-refractivity contribution >= 4 is 11.7 Å². The van der Waals surface area contributed by atoms with E-state index in [1.54, 1.807) is 11.6 Å². The van der Waals surface area contributed by atoms with Gasteiger partial charge in [0.25, 0.3) is 0 Å². The van der Waals surface area contributed by atoms with Crippen LogP contribution in [0.15, 0.2) is 0 Å². The summed E-state index contributed by atoms with van der Waals surface area (Å²) in [6.07, 6.45) is 0. The maximum Gasteiger partial charge on any atom is 0.219 e. The van der Waals surface area contributed by atoms with E-state index in [9.17, 15) is 10.1 Å². The van der Waals surface area contributed by atoms with Crippen molar-refractivity contribution in [2.24, 2.45) is 7.05 Å². The minimum Gasteiger partial charge on any atom is -0.352 e. The van der Waals surface area contributed by atoms with Gasteiger partial charge in [-0.3, -0.25) is 9.48 Å². The quantitative estimate of drug-likeness (QED) is 0.714. The summed E-state index contributed by atoms with van der Waals surface area (Å²) in [5, 5.41) is 13.5. The molecule has 0 aromatic carbocycles. The number of aryl methyl sites for hydroxylation is 2. The second-order valence-electron chi connectivity index (χ2n) is 4.51. The lowest BCUT2D eigenvalue weighted by atomic mass is 10.2. The van der Waals surface area contributed by atoms with Crippen molar-refractivity contribution in [3.05, 3.63) is 11.3 Å². The third kappa shape index (κ3) is 2.04. The average molecular weight is 247 g/mol. The van der Waals surface area contributed by atoms with Crippen molar-refractivity contribution in [1.29, 1.82) is 5.26 Å². The van der Waals surface area contributed by atoms with Crippen LogP contribution in [0, 0.1) is 18.3 Å². The van der Waals surface area contributed by atoms with Crippen LogP contribution in [-0.4, -0.2) is 46.8 Å². The number of carbonyl (C=O) groups is 1. The Labute approximate surface area is 106 Å². The number of aromatic nitrogens is 2. The Hall–Kier alpha value is -2.03. The van der Waals surface area contributed by atoms with Gasteiger partial charge >= 0.3 is 0 Å². The van der Waals surface area contributed by atoms with Crippen LogP contribution in [0.3, 0.4) is 0 Å². The smallest absolute Gasteiger partial charge is 0.219 e. The van der Waals surface area contributed by atoms with E-state index < -0.39 is 0 Å². The molecule has 1 aromatic heterocycles. The molecule has 0 unspecified atom stereocenters. The standard InChI is InChI=1S/C12H17N5O/c1-9-11(8-13)12(15(3)14-9)17-6-4-16(5-7-17)10(2)18/h4-7H2,1-3H3. The van der Waals surface area contributed by atoms with E-state index >= 15 is 0 Å². The van der Waals surface area contributed by atoms with Crippen LogP contribution in [0.1, 0.15) is 18.2 Å². The van der Waals surface area contributed by atoms with Gasteiger partial charge < -0.3 is 9.80 Å². The Bertz CT molecular complexity index is 505. The molecule has 0 aliphatic carbocycles. The molecular formula is C12H17N5O. The summed E-state index contributed by atoms with van der Waals surface area (Å²) in [6, 6.07) is 2.21. The van der Waals surface area contributed by atoms with Crippen molar-refractivity contribution in [3.63, 3.8) is 0 Å². The highest BCUT2D eigenvalue weighted by Gasteiger charge is 2.24. The Morgan fingerprint density at radius 3 is 2.44 bits per heavy atom. The fourth-order valence-electron chi connectivity index (χ4n) is 2.37. The summed E-state index contributed by atoms with van der Waals surface area (Å²) in [4.78, 5) is 15.2. The van der Waals surface area contributed by atoms with Crippen LogP contribution in [0.25, 0.3) is 0 Å². The van der Waals surface area contributed by atoms with E-state index in [0.29, 0.717) is 18.7 Å². The Balaban J connectivity index is 2.20. The molecule has 0 N–H and O–H groups in total. The van der Waals surface area contributed by atoms with Crippen LogP contribution in [0.2, 0.25) is 0 Å². The van der Waals surface area contributed by atoms with E-state index in [2.05, 4.69) is 16.1 Å². The first kappa shape index (κ1) is 12.4. The maximum absolute atomic E-state index is 11.3. The number of hydrogen-bond donors (Lipinski definition) is 0. The number of rotatable bonds is 1. The molecule has 0 radical (unpaired) electrons. The van der Waals surface area contributed by atoms with E-state index in [1.165, 1.54) is 0 Å². The van der Waals surface area contributed by atoms with Gasteiger partial charge in [0.05, 0.1) is 5.69 Å². The zero-order chi connectivity index (χ0) is 13.3. The van der Waals surface area contributed by atoms with Crippen LogP contribution in [-0.2, 0) is 11.8 Å². The molecular weight excluding hydrogens is 230 g/mol. The van der Waals surface area contributed by atoms with Gasteiger partial charge in [0, 0.05) is 40.2 Å². The number of amides is 1. The van der Waals surface area contributed by atoms with Crippen molar-refractivity contribution < 1.29 is 4.79 Å². The zero-order valence-corrected chi connectivity index (χ0v) is 11.0. The monoisotopic (exact) mass is 247 g/mol. The Morgan fingerprint density at radius 2 is 1.94 bits per heavy atom. The third-order valence-corrected chi connectivity index (χ3v) is 3.33. The first-order valence-electron chi connectivity index (χ1n) is 5.98. The van der Waals surface area contributed by atoms with Crippen LogP contribution < -0.4 is 4.90 Å². The molecule has 1 amide bonds. The van der Waals surface area contributed by atoms with Gasteiger partial charge in [-0.2, -0.15) is 10.4 Å². The number of carbonyl (C=O) groups excluding carboxylic acids is 1. The molecule has 6 nitrogen and oxygen atoms in total. The van der Waals surface area contributed by atoms with E-state index in [4.69, 9.17) is 0 Å². The van der Waals surface area contributed by atoms with Crippen molar-refractivity contribution in [1.82, 2.24) is 14.7 Å². The number of anilines is 1. The van der Waals surface area contributed by atoms with Crippen LogP contribution in [0.5, 0.6) is 0 Å². The predicted octanol–water partition coefficient (Wildman–Crippen LogP) is 0.269. The topological polar surface area (TPSA) is 65.2 Å². The maximum atomic E-state index is 11.3. The molecule has 0 atom stereocenters. The fourth-order valence-corrected chi connectivity index (χ4v) is 2.37. The van der Waals surface area contributed by atoms with Gasteiger partial charge in [-0.05, 0) is 6.92 Å². The highest BCUT2D eigenvalue weighted by Crippen LogP contribution is 2.23. The summed E-state index contributed by atoms with van der Waals surface area (Å²) < 4.78 is 1.75. The molecule has 0 spiro atoms. The number of hydrogen-bond acceptors (Lipinski definition) is 4. The summed E-state index contributed by atoms with van der Waals surface area (Å²) in [7, 11) is 1.85. The van der Waals surface area contributed by atoms with Crippen molar-refractivity contribution in [3.8, 4) is 6.07 Å². The second-order valence-corrected chi connectivity index (χ2v) is 4.51. The molecule has 96 valence electrons. The number of piperazine rings is 1. The molecule has 0 bridgehead atoms. The molecule has 1 aliphatic rings. The lowest BCUT2D eigenvalue weighted by Crippen LogP contribution is -2.48. The van der Waals surface area contributed by atoms with Crippen molar-refractivity contribution in [2.45, 2.75) is 13.8 Å². The van der Waals surface area contributed by atoms with Gasteiger partial charge in [0.2, 0.25) is 5.91 Å². The molecule has 1 fully saturated rings. The lowest BCUT2D eigenvalue weighted by molar-refractivity contribution is -0.129. The van der Waals surface area contributed by atoms with E-state index in [1.807, 2.05) is 18.9 Å². The minimum atomic E-state index is 0.108. The zero-order valence-electron chi connectivity index (χ0n) is 11.0. The normalized spacial score (nSPS) is 15.7. The highest BCUT2D eigenvalue weighted by atomic mass is 16.2. The summed E-state index contributed by atoms with van der Waals surface area (Å²) >= 11 is 0. The Morgan fingerprint density at radius 1 is 1.33 bits per heavy atom. The van der Waals surface area contributed by atoms with Crippen LogP contribution >= 0.6 is 0 Å². The van der Waals surface area contributed by atoms with E-state index in [-0.39, 0.29) is 5.91 Å². The largest absolute Gasteiger partial charge is 0.352 e. The van der Waals surface area contributed by atoms with Gasteiger partial charge in [-0.15, -0.1) is 0 Å². The van der Waals surface area contributed by atoms with E-state index in [0.717, 1.165) is 24.6 Å². The van der Waals surface area contributed by atoms with Gasteiger partial charge in [0.1, 0.15) is 17.5 Å². The first-order chi connectivity index (χ1) is 8.54. The second kappa shape index (κ2) is 4.69. The molecule has 1 aromatic rings. The third-order valence-electron chi connectivity index (χ3n) is 3.33. The molecule has 18 heavy (non-hydrogen) atoms. The molecule has 2 rings (SSSR count). The molecule has 1 saturated heterocycles. The summed E-state index contributed by atoms with van der Waals surface area (Å²) in [5.41, 5.74) is 1.39. The molecule has 6 heteroatoms. The van der Waals surface area contributed by atoms with Gasteiger partial charge in [0.15, 0.2) is 0 Å². The number of nitriles is 1. The lowest BCUT2D eigenvalue weighted by Gasteiger charge is -2.35. The SMILES string of the molecule is CC(=O)N1CCN(c2c(C#N)c(C)nn2C)CC1. The molecule has 0 saturated carbocycles. The van der Waals surface area contributed by atoms with Crippen molar-refractivity contribution in [2.75, 3.05) is 31.1 Å².